The smallest absolute Gasteiger partial charge is 0.266 e. The summed E-state index contributed by atoms with van der Waals surface area (Å²) in [5, 5.41) is 9.69. The Morgan fingerprint density at radius 3 is 2.83 bits per heavy atom. The predicted molar refractivity (Wildman–Crippen MR) is 119 cm³/mol. The number of aromatic hydroxyl groups is 1. The van der Waals surface area contributed by atoms with E-state index in [9.17, 15) is 23.1 Å². The van der Waals surface area contributed by atoms with Crippen LogP contribution in [0.4, 0.5) is 0 Å². The molecule has 1 aromatic rings. The SMILES string of the molecule is COc1cc(/C=C2\SC(=S)N(CCC(=O)N(C)[C@H]3CCS(=O)(=O)C3)C2=O)ccc1O. The monoisotopic (exact) mass is 470 g/mol. The first-order chi connectivity index (χ1) is 14.1. The van der Waals surface area contributed by atoms with Crippen LogP contribution in [0, 0.1) is 0 Å². The van der Waals surface area contributed by atoms with E-state index >= 15 is 0 Å². The summed E-state index contributed by atoms with van der Waals surface area (Å²) in [6, 6.07) is 4.41. The van der Waals surface area contributed by atoms with E-state index < -0.39 is 9.84 Å². The van der Waals surface area contributed by atoms with Gasteiger partial charge in [-0.05, 0) is 30.2 Å². The van der Waals surface area contributed by atoms with Gasteiger partial charge in [0.05, 0.1) is 23.5 Å². The lowest BCUT2D eigenvalue weighted by molar-refractivity contribution is -0.132. The molecular formula is C19H22N2O6S3. The number of hydrogen-bond acceptors (Lipinski definition) is 8. The second-order valence-corrected chi connectivity index (χ2v) is 11.0. The Morgan fingerprint density at radius 1 is 1.47 bits per heavy atom. The number of carbonyl (C=O) groups is 2. The second kappa shape index (κ2) is 8.94. The van der Waals surface area contributed by atoms with Crippen molar-refractivity contribution in [2.45, 2.75) is 18.9 Å². The molecule has 11 heteroatoms. The van der Waals surface area contributed by atoms with E-state index in [4.69, 9.17) is 17.0 Å². The zero-order valence-electron chi connectivity index (χ0n) is 16.5. The zero-order valence-corrected chi connectivity index (χ0v) is 19.0. The van der Waals surface area contributed by atoms with Crippen LogP contribution in [0.3, 0.4) is 0 Å². The topological polar surface area (TPSA) is 104 Å². The van der Waals surface area contributed by atoms with Crippen molar-refractivity contribution in [1.82, 2.24) is 9.80 Å². The molecule has 2 saturated heterocycles. The van der Waals surface area contributed by atoms with Crippen LogP contribution in [0.1, 0.15) is 18.4 Å². The number of rotatable bonds is 6. The molecule has 2 heterocycles. The maximum absolute atomic E-state index is 12.7. The molecule has 0 saturated carbocycles. The van der Waals surface area contributed by atoms with E-state index in [1.807, 2.05) is 0 Å². The highest BCUT2D eigenvalue weighted by molar-refractivity contribution is 8.26. The van der Waals surface area contributed by atoms with Crippen LogP contribution in [0.15, 0.2) is 23.1 Å². The van der Waals surface area contributed by atoms with E-state index in [0.717, 1.165) is 11.8 Å². The number of thioether (sulfide) groups is 1. The van der Waals surface area contributed by atoms with Crippen molar-refractivity contribution in [3.05, 3.63) is 28.7 Å². The Morgan fingerprint density at radius 2 is 2.20 bits per heavy atom. The highest BCUT2D eigenvalue weighted by atomic mass is 32.2. The number of phenolic OH excluding ortho intramolecular Hbond substituents is 1. The first kappa shape index (κ1) is 22.6. The van der Waals surface area contributed by atoms with Gasteiger partial charge in [-0.3, -0.25) is 14.5 Å². The minimum Gasteiger partial charge on any atom is -0.504 e. The fraction of sp³-hybridized carbons (Fsp3) is 0.421. The van der Waals surface area contributed by atoms with Crippen molar-refractivity contribution in [3.63, 3.8) is 0 Å². The average molecular weight is 471 g/mol. The molecule has 0 unspecified atom stereocenters. The van der Waals surface area contributed by atoms with Gasteiger partial charge in [-0.2, -0.15) is 0 Å². The van der Waals surface area contributed by atoms with Crippen molar-refractivity contribution in [2.24, 2.45) is 0 Å². The molecule has 2 fully saturated rings. The van der Waals surface area contributed by atoms with Crippen molar-refractivity contribution >= 4 is 56.0 Å². The number of carbonyl (C=O) groups excluding carboxylic acids is 2. The number of benzene rings is 1. The summed E-state index contributed by atoms with van der Waals surface area (Å²) >= 11 is 6.43. The van der Waals surface area contributed by atoms with Gasteiger partial charge in [-0.15, -0.1) is 0 Å². The van der Waals surface area contributed by atoms with Gasteiger partial charge in [0.1, 0.15) is 4.32 Å². The third-order valence-electron chi connectivity index (χ3n) is 5.07. The van der Waals surface area contributed by atoms with Gasteiger partial charge in [0.25, 0.3) is 5.91 Å². The Labute approximate surface area is 184 Å². The summed E-state index contributed by atoms with van der Waals surface area (Å²) in [6.45, 7) is 0.129. The van der Waals surface area contributed by atoms with Crippen LogP contribution in [-0.2, 0) is 19.4 Å². The number of thiocarbonyl (C=S) groups is 1. The Bertz CT molecular complexity index is 1020. The van der Waals surface area contributed by atoms with Crippen LogP contribution in [-0.4, -0.2) is 77.7 Å². The van der Waals surface area contributed by atoms with Gasteiger partial charge in [0.15, 0.2) is 21.3 Å². The molecule has 0 aliphatic carbocycles. The molecule has 1 aromatic carbocycles. The summed E-state index contributed by atoms with van der Waals surface area (Å²) in [4.78, 5) is 28.5. The van der Waals surface area contributed by atoms with E-state index in [2.05, 4.69) is 0 Å². The third kappa shape index (κ3) is 4.96. The van der Waals surface area contributed by atoms with Gasteiger partial charge in [-0.1, -0.05) is 30.0 Å². The maximum Gasteiger partial charge on any atom is 0.266 e. The van der Waals surface area contributed by atoms with E-state index in [0.29, 0.717) is 27.0 Å². The Hall–Kier alpha value is -2.11. The normalized spacial score (nSPS) is 22.0. The first-order valence-corrected chi connectivity index (χ1v) is 12.2. The molecule has 0 spiro atoms. The lowest BCUT2D eigenvalue weighted by atomic mass is 10.2. The van der Waals surface area contributed by atoms with E-state index in [-0.39, 0.29) is 48.1 Å². The lowest BCUT2D eigenvalue weighted by Gasteiger charge is -2.24. The van der Waals surface area contributed by atoms with Crippen LogP contribution in [0.25, 0.3) is 6.08 Å². The molecule has 30 heavy (non-hydrogen) atoms. The van der Waals surface area contributed by atoms with Crippen molar-refractivity contribution in [2.75, 3.05) is 32.2 Å². The minimum atomic E-state index is -3.08. The minimum absolute atomic E-state index is 0.0000983. The van der Waals surface area contributed by atoms with Crippen LogP contribution < -0.4 is 4.74 Å². The average Bonchev–Trinajstić information content (AvgIpc) is 3.19. The Balaban J connectivity index is 1.63. The van der Waals surface area contributed by atoms with Gasteiger partial charge in [-0.25, -0.2) is 8.42 Å². The predicted octanol–water partition coefficient (Wildman–Crippen LogP) is 1.64. The largest absolute Gasteiger partial charge is 0.504 e. The van der Waals surface area contributed by atoms with Crippen molar-refractivity contribution in [1.29, 1.82) is 0 Å². The van der Waals surface area contributed by atoms with Gasteiger partial charge in [0, 0.05) is 26.1 Å². The summed E-state index contributed by atoms with van der Waals surface area (Å²) < 4.78 is 28.7. The summed E-state index contributed by atoms with van der Waals surface area (Å²) in [7, 11) is -0.0503. The van der Waals surface area contributed by atoms with Gasteiger partial charge < -0.3 is 14.7 Å². The second-order valence-electron chi connectivity index (χ2n) is 7.08. The molecule has 8 nitrogen and oxygen atoms in total. The molecular weight excluding hydrogens is 448 g/mol. The maximum atomic E-state index is 12.7. The molecule has 1 atom stereocenters. The van der Waals surface area contributed by atoms with Crippen LogP contribution in [0.2, 0.25) is 0 Å². The number of phenols is 1. The van der Waals surface area contributed by atoms with Gasteiger partial charge >= 0.3 is 0 Å². The molecule has 3 rings (SSSR count). The lowest BCUT2D eigenvalue weighted by Crippen LogP contribution is -2.40. The number of methoxy groups -OCH3 is 1. The molecule has 0 radical (unpaired) electrons. The highest BCUT2D eigenvalue weighted by Gasteiger charge is 2.35. The molecule has 2 aliphatic rings. The third-order valence-corrected chi connectivity index (χ3v) is 8.20. The summed E-state index contributed by atoms with van der Waals surface area (Å²) in [5.74, 6) is -0.151. The van der Waals surface area contributed by atoms with Crippen LogP contribution >= 0.6 is 24.0 Å². The fourth-order valence-corrected chi connectivity index (χ4v) is 6.38. The molecule has 0 aromatic heterocycles. The number of hydrogen-bond donors (Lipinski definition) is 1. The molecule has 2 aliphatic heterocycles. The number of sulfone groups is 1. The van der Waals surface area contributed by atoms with E-state index in [1.54, 1.807) is 25.3 Å². The number of ether oxygens (including phenoxy) is 1. The number of nitrogens with zero attached hydrogens (tertiary/aromatic N) is 2. The highest BCUT2D eigenvalue weighted by Crippen LogP contribution is 2.34. The molecule has 0 bridgehead atoms. The van der Waals surface area contributed by atoms with Crippen LogP contribution in [0.5, 0.6) is 11.5 Å². The Kier molecular flexibility index (Phi) is 6.73. The standard InChI is InChI=1S/C19H22N2O6S3/c1-20(13-6-8-30(25,26)11-13)17(23)5-7-21-18(24)16(29-19(21)28)10-12-3-4-14(22)15(9-12)27-2/h3-4,9-10,13,22H,5-8,11H2,1-2H3/b16-10-/t13-/m0/s1. The number of amides is 2. The summed E-state index contributed by atoms with van der Waals surface area (Å²) in [6.07, 6.45) is 2.14. The van der Waals surface area contributed by atoms with E-state index in [1.165, 1.54) is 23.0 Å². The zero-order chi connectivity index (χ0) is 22.1. The quantitative estimate of drug-likeness (QED) is 0.494. The van der Waals surface area contributed by atoms with Gasteiger partial charge in [0.2, 0.25) is 5.91 Å². The van der Waals surface area contributed by atoms with Crippen molar-refractivity contribution in [3.8, 4) is 11.5 Å². The summed E-state index contributed by atoms with van der Waals surface area (Å²) in [5.41, 5.74) is 0.670. The fourth-order valence-electron chi connectivity index (χ4n) is 3.30. The first-order valence-electron chi connectivity index (χ1n) is 9.20. The molecule has 1 N–H and O–H groups in total. The molecule has 162 valence electrons. The molecule has 2 amide bonds. The van der Waals surface area contributed by atoms with Crippen molar-refractivity contribution < 1.29 is 27.9 Å².